The third kappa shape index (κ3) is 4.17. The number of carbonyl (C=O) groups is 1. The number of nitrogens with one attached hydrogen (secondary N) is 1. The van der Waals surface area contributed by atoms with Gasteiger partial charge in [-0.2, -0.15) is 0 Å². The van der Waals surface area contributed by atoms with Gasteiger partial charge in [-0.05, 0) is 30.3 Å². The monoisotopic (exact) mass is 359 g/mol. The Morgan fingerprint density at radius 1 is 1.38 bits per heavy atom. The Labute approximate surface area is 151 Å². The van der Waals surface area contributed by atoms with Gasteiger partial charge < -0.3 is 15.2 Å². The summed E-state index contributed by atoms with van der Waals surface area (Å²) in [4.78, 5) is 18.9. The number of benzene rings is 1. The fourth-order valence-electron chi connectivity index (χ4n) is 3.22. The molecule has 1 aliphatic rings. The van der Waals surface area contributed by atoms with Crippen molar-refractivity contribution < 1.29 is 19.0 Å². The first-order valence-electron chi connectivity index (χ1n) is 8.48. The largest absolute Gasteiger partial charge is 0.494 e. The van der Waals surface area contributed by atoms with Gasteiger partial charge in [0.1, 0.15) is 0 Å². The second kappa shape index (κ2) is 8.25. The maximum Gasteiger partial charge on any atom is 0.251 e. The summed E-state index contributed by atoms with van der Waals surface area (Å²) in [5, 5.41) is 12.6. The number of ether oxygens (including phenoxy) is 1. The molecule has 138 valence electrons. The average Bonchev–Trinajstić information content (AvgIpc) is 3.03. The molecule has 7 heteroatoms. The van der Waals surface area contributed by atoms with Gasteiger partial charge in [-0.3, -0.25) is 14.7 Å². The van der Waals surface area contributed by atoms with Crippen LogP contribution in [0.1, 0.15) is 16.1 Å². The molecule has 0 bridgehead atoms. The first-order chi connectivity index (χ1) is 12.6. The van der Waals surface area contributed by atoms with Crippen LogP contribution in [0.15, 0.2) is 42.6 Å². The molecular formula is C19H22FN3O3. The van der Waals surface area contributed by atoms with Crippen LogP contribution in [0.4, 0.5) is 4.39 Å². The zero-order valence-electron chi connectivity index (χ0n) is 14.6. The summed E-state index contributed by atoms with van der Waals surface area (Å²) in [6.07, 6.45) is 1.74. The molecule has 1 fully saturated rings. The zero-order chi connectivity index (χ0) is 18.5. The number of aliphatic hydroxyl groups excluding tert-OH is 1. The van der Waals surface area contributed by atoms with Gasteiger partial charge in [-0.15, -0.1) is 0 Å². The van der Waals surface area contributed by atoms with E-state index in [4.69, 9.17) is 4.74 Å². The van der Waals surface area contributed by atoms with E-state index in [0.717, 1.165) is 11.8 Å². The molecule has 6 nitrogen and oxygen atoms in total. The Bertz CT molecular complexity index is 757. The normalized spacial score (nSPS) is 20.1. The number of carbonyl (C=O) groups excluding carboxylic acids is 1. The number of halogens is 1. The summed E-state index contributed by atoms with van der Waals surface area (Å²) < 4.78 is 18.7. The molecule has 2 atom stereocenters. The molecule has 0 saturated carbocycles. The van der Waals surface area contributed by atoms with Crippen LogP contribution in [0.5, 0.6) is 5.75 Å². The Hall–Kier alpha value is -2.51. The lowest BCUT2D eigenvalue weighted by atomic mass is 10.0. The van der Waals surface area contributed by atoms with Gasteiger partial charge in [-0.1, -0.05) is 6.07 Å². The first-order valence-corrected chi connectivity index (χ1v) is 8.48. The Morgan fingerprint density at radius 2 is 2.23 bits per heavy atom. The van der Waals surface area contributed by atoms with Crippen molar-refractivity contribution in [1.82, 2.24) is 15.2 Å². The van der Waals surface area contributed by atoms with Crippen molar-refractivity contribution in [2.75, 3.05) is 26.8 Å². The lowest BCUT2D eigenvalue weighted by molar-refractivity contribution is 0.0920. The summed E-state index contributed by atoms with van der Waals surface area (Å²) in [5.41, 5.74) is 1.16. The molecule has 2 aromatic rings. The van der Waals surface area contributed by atoms with E-state index in [1.807, 2.05) is 18.2 Å². The molecule has 1 aliphatic heterocycles. The molecule has 1 aromatic heterocycles. The average molecular weight is 359 g/mol. The van der Waals surface area contributed by atoms with Crippen molar-refractivity contribution in [1.29, 1.82) is 0 Å². The topological polar surface area (TPSA) is 74.7 Å². The predicted molar refractivity (Wildman–Crippen MR) is 94.3 cm³/mol. The van der Waals surface area contributed by atoms with E-state index in [9.17, 15) is 14.3 Å². The SMILES string of the molecule is COc1ccc(C(=O)N[C@@H]2CN(Cc3ccccn3)C[C@H]2CO)cc1F. The van der Waals surface area contributed by atoms with Crippen LogP contribution in [0.25, 0.3) is 0 Å². The lowest BCUT2D eigenvalue weighted by Gasteiger charge is -2.18. The summed E-state index contributed by atoms with van der Waals surface area (Å²) in [5.74, 6) is -0.931. The Kier molecular flexibility index (Phi) is 5.80. The van der Waals surface area contributed by atoms with Gasteiger partial charge in [0.25, 0.3) is 5.91 Å². The van der Waals surface area contributed by atoms with E-state index in [1.54, 1.807) is 6.20 Å². The number of hydrogen-bond donors (Lipinski definition) is 2. The summed E-state index contributed by atoms with van der Waals surface area (Å²) in [6.45, 7) is 1.89. The van der Waals surface area contributed by atoms with Crippen LogP contribution < -0.4 is 10.1 Å². The highest BCUT2D eigenvalue weighted by Crippen LogP contribution is 2.21. The highest BCUT2D eigenvalue weighted by molar-refractivity contribution is 5.94. The number of aliphatic hydroxyl groups is 1. The number of aromatic nitrogens is 1. The molecule has 0 aliphatic carbocycles. The molecule has 1 saturated heterocycles. The molecule has 3 rings (SSSR count). The Balaban J connectivity index is 1.64. The van der Waals surface area contributed by atoms with E-state index in [-0.39, 0.29) is 35.8 Å². The number of likely N-dealkylation sites (tertiary alicyclic amines) is 1. The van der Waals surface area contributed by atoms with Gasteiger partial charge in [-0.25, -0.2) is 4.39 Å². The second-order valence-corrected chi connectivity index (χ2v) is 6.39. The number of rotatable bonds is 6. The van der Waals surface area contributed by atoms with Crippen LogP contribution >= 0.6 is 0 Å². The van der Waals surface area contributed by atoms with Crippen molar-refractivity contribution in [3.63, 3.8) is 0 Å². The van der Waals surface area contributed by atoms with Gasteiger partial charge in [0.2, 0.25) is 0 Å². The van der Waals surface area contributed by atoms with Crippen LogP contribution in [0.3, 0.4) is 0 Å². The number of methoxy groups -OCH3 is 1. The Morgan fingerprint density at radius 3 is 2.88 bits per heavy atom. The van der Waals surface area contributed by atoms with Crippen LogP contribution in [-0.4, -0.2) is 53.7 Å². The molecule has 0 unspecified atom stereocenters. The van der Waals surface area contributed by atoms with Crippen molar-refractivity contribution >= 4 is 5.91 Å². The van der Waals surface area contributed by atoms with Crippen LogP contribution in [-0.2, 0) is 6.54 Å². The quantitative estimate of drug-likeness (QED) is 0.817. The fourth-order valence-corrected chi connectivity index (χ4v) is 3.22. The smallest absolute Gasteiger partial charge is 0.251 e. The molecule has 1 amide bonds. The van der Waals surface area contributed by atoms with Crippen molar-refractivity contribution in [2.45, 2.75) is 12.6 Å². The zero-order valence-corrected chi connectivity index (χ0v) is 14.6. The molecule has 2 heterocycles. The van der Waals surface area contributed by atoms with E-state index in [2.05, 4.69) is 15.2 Å². The van der Waals surface area contributed by atoms with Gasteiger partial charge in [0, 0.05) is 50.0 Å². The van der Waals surface area contributed by atoms with Crippen molar-refractivity contribution in [3.05, 3.63) is 59.7 Å². The minimum atomic E-state index is -0.581. The molecular weight excluding hydrogens is 337 g/mol. The highest BCUT2D eigenvalue weighted by Gasteiger charge is 2.33. The maximum atomic E-state index is 13.8. The van der Waals surface area contributed by atoms with E-state index >= 15 is 0 Å². The molecule has 0 radical (unpaired) electrons. The molecule has 1 aromatic carbocycles. The number of pyridine rings is 1. The van der Waals surface area contributed by atoms with E-state index < -0.39 is 5.82 Å². The summed E-state index contributed by atoms with van der Waals surface area (Å²) >= 11 is 0. The summed E-state index contributed by atoms with van der Waals surface area (Å²) in [6, 6.07) is 9.63. The maximum absolute atomic E-state index is 13.8. The molecule has 0 spiro atoms. The molecule has 2 N–H and O–H groups in total. The second-order valence-electron chi connectivity index (χ2n) is 6.39. The number of amides is 1. The summed E-state index contributed by atoms with van der Waals surface area (Å²) in [7, 11) is 1.37. The van der Waals surface area contributed by atoms with E-state index in [0.29, 0.717) is 19.6 Å². The first kappa shape index (κ1) is 18.3. The predicted octanol–water partition coefficient (Wildman–Crippen LogP) is 1.45. The van der Waals surface area contributed by atoms with Crippen LogP contribution in [0, 0.1) is 11.7 Å². The van der Waals surface area contributed by atoms with Crippen LogP contribution in [0.2, 0.25) is 0 Å². The molecule has 26 heavy (non-hydrogen) atoms. The number of hydrogen-bond acceptors (Lipinski definition) is 5. The number of nitrogens with zero attached hydrogens (tertiary/aromatic N) is 2. The standard InChI is InChI=1S/C19H22FN3O3/c1-26-18-6-5-13(8-16(18)20)19(25)22-17-11-23(9-14(17)12-24)10-15-4-2-3-7-21-15/h2-8,14,17,24H,9-12H2,1H3,(H,22,25)/t14-,17+/m0/s1. The highest BCUT2D eigenvalue weighted by atomic mass is 19.1. The fraction of sp³-hybridized carbons (Fsp3) is 0.368. The third-order valence-corrected chi connectivity index (χ3v) is 4.59. The van der Waals surface area contributed by atoms with Gasteiger partial charge >= 0.3 is 0 Å². The minimum Gasteiger partial charge on any atom is -0.494 e. The lowest BCUT2D eigenvalue weighted by Crippen LogP contribution is -2.41. The van der Waals surface area contributed by atoms with Crippen molar-refractivity contribution in [2.24, 2.45) is 5.92 Å². The van der Waals surface area contributed by atoms with Crippen molar-refractivity contribution in [3.8, 4) is 5.75 Å². The van der Waals surface area contributed by atoms with E-state index in [1.165, 1.54) is 19.2 Å². The minimum absolute atomic E-state index is 0.0271. The van der Waals surface area contributed by atoms with Gasteiger partial charge in [0.15, 0.2) is 11.6 Å². The van der Waals surface area contributed by atoms with Gasteiger partial charge in [0.05, 0.1) is 12.8 Å². The third-order valence-electron chi connectivity index (χ3n) is 4.59.